The molecule has 0 spiro atoms. The third kappa shape index (κ3) is 2.46. The van der Waals surface area contributed by atoms with Gasteiger partial charge >= 0.3 is 0 Å². The zero-order chi connectivity index (χ0) is 10.7. The maximum Gasteiger partial charge on any atom is 0.241 e. The lowest BCUT2D eigenvalue weighted by atomic mass is 10.2. The summed E-state index contributed by atoms with van der Waals surface area (Å²) in [7, 11) is 0. The molecule has 2 rings (SSSR count). The number of hydrogen-bond acceptors (Lipinski definition) is 1. The van der Waals surface area contributed by atoms with Crippen LogP contribution in [0.5, 0.6) is 5.75 Å². The second-order valence-electron chi connectivity index (χ2n) is 3.25. The maximum atomic E-state index is 11.9. The molecule has 0 aliphatic carbocycles. The van der Waals surface area contributed by atoms with Gasteiger partial charge in [-0.25, -0.2) is 8.78 Å². The van der Waals surface area contributed by atoms with Crippen molar-refractivity contribution in [1.29, 1.82) is 0 Å². The van der Waals surface area contributed by atoms with Gasteiger partial charge in [0.15, 0.2) is 0 Å². The van der Waals surface area contributed by atoms with Gasteiger partial charge in [0.05, 0.1) is 6.61 Å². The molecule has 80 valence electrons. The fourth-order valence-electron chi connectivity index (χ4n) is 1.39. The molecule has 1 aromatic carbocycles. The fraction of sp³-hybridized carbons (Fsp3) is 0.273. The van der Waals surface area contributed by atoms with E-state index in [1.54, 1.807) is 6.07 Å². The molecule has 0 atom stereocenters. The average molecular weight is 211 g/mol. The summed E-state index contributed by atoms with van der Waals surface area (Å²) < 4.78 is 28.9. The Morgan fingerprint density at radius 1 is 1.27 bits per heavy atom. The highest BCUT2D eigenvalue weighted by atomic mass is 19.3. The van der Waals surface area contributed by atoms with Crippen molar-refractivity contribution in [3.63, 3.8) is 0 Å². The second-order valence-corrected chi connectivity index (χ2v) is 3.25. The number of halogens is 2. The average Bonchev–Trinajstić information content (AvgIpc) is 2.64. The second kappa shape index (κ2) is 4.29. The van der Waals surface area contributed by atoms with E-state index in [2.05, 4.69) is 4.98 Å². The minimum absolute atomic E-state index is 0.0492. The molecular formula is C11H11F2NO. The van der Waals surface area contributed by atoms with Crippen molar-refractivity contribution in [3.8, 4) is 5.75 Å². The van der Waals surface area contributed by atoms with Crippen LogP contribution in [0.25, 0.3) is 10.9 Å². The molecule has 1 heterocycles. The van der Waals surface area contributed by atoms with Crippen LogP contribution >= 0.6 is 0 Å². The summed E-state index contributed by atoms with van der Waals surface area (Å²) in [6.07, 6.45) is -0.709. The predicted octanol–water partition coefficient (Wildman–Crippen LogP) is 3.20. The lowest BCUT2D eigenvalue weighted by Crippen LogP contribution is -2.02. The van der Waals surface area contributed by atoms with Crippen LogP contribution in [0.2, 0.25) is 0 Å². The normalized spacial score (nSPS) is 11.1. The molecule has 4 heteroatoms. The third-order valence-electron chi connectivity index (χ3n) is 2.13. The number of fused-ring (bicyclic) bond motifs is 1. The van der Waals surface area contributed by atoms with Gasteiger partial charge in [-0.2, -0.15) is 0 Å². The highest BCUT2D eigenvalue weighted by Crippen LogP contribution is 2.19. The molecule has 0 radical (unpaired) electrons. The van der Waals surface area contributed by atoms with Crippen LogP contribution in [0.3, 0.4) is 0 Å². The van der Waals surface area contributed by atoms with Gasteiger partial charge in [-0.15, -0.1) is 0 Å². The molecule has 1 N–H and O–H groups in total. The lowest BCUT2D eigenvalue weighted by Gasteiger charge is -2.05. The van der Waals surface area contributed by atoms with Gasteiger partial charge in [-0.05, 0) is 24.3 Å². The van der Waals surface area contributed by atoms with Crippen molar-refractivity contribution in [2.75, 3.05) is 6.61 Å². The molecule has 0 saturated heterocycles. The molecule has 0 unspecified atom stereocenters. The van der Waals surface area contributed by atoms with Gasteiger partial charge in [0.1, 0.15) is 5.75 Å². The predicted molar refractivity (Wildman–Crippen MR) is 54.4 cm³/mol. The first-order chi connectivity index (χ1) is 7.25. The number of ether oxygens (including phenoxy) is 1. The molecule has 15 heavy (non-hydrogen) atoms. The summed E-state index contributed by atoms with van der Waals surface area (Å²) in [4.78, 5) is 3.05. The maximum absolute atomic E-state index is 11.9. The summed E-state index contributed by atoms with van der Waals surface area (Å²) in [6.45, 7) is 0.0492. The standard InChI is InChI=1S/C11H11F2NO/c12-11(13)4-6-15-9-1-2-10-8(7-9)3-5-14-10/h1-3,5,7,11,14H,4,6H2. The van der Waals surface area contributed by atoms with Crippen molar-refractivity contribution in [3.05, 3.63) is 30.5 Å². The van der Waals surface area contributed by atoms with E-state index in [-0.39, 0.29) is 13.0 Å². The zero-order valence-electron chi connectivity index (χ0n) is 8.04. The highest BCUT2D eigenvalue weighted by molar-refractivity contribution is 5.80. The number of benzene rings is 1. The molecule has 2 nitrogen and oxygen atoms in total. The topological polar surface area (TPSA) is 25.0 Å². The Labute approximate surface area is 85.9 Å². The Kier molecular flexibility index (Phi) is 2.85. The first-order valence-corrected chi connectivity index (χ1v) is 4.74. The van der Waals surface area contributed by atoms with Crippen molar-refractivity contribution < 1.29 is 13.5 Å². The lowest BCUT2D eigenvalue weighted by molar-refractivity contribution is 0.114. The smallest absolute Gasteiger partial charge is 0.241 e. The number of aromatic amines is 1. The Bertz CT molecular complexity index is 439. The van der Waals surface area contributed by atoms with Crippen molar-refractivity contribution in [1.82, 2.24) is 4.98 Å². The minimum Gasteiger partial charge on any atom is -0.493 e. The molecule has 2 aromatic rings. The molecular weight excluding hydrogens is 200 g/mol. The van der Waals surface area contributed by atoms with E-state index in [1.165, 1.54) is 0 Å². The van der Waals surface area contributed by atoms with Gasteiger partial charge in [0.25, 0.3) is 0 Å². The van der Waals surface area contributed by atoms with Crippen LogP contribution in [0.4, 0.5) is 8.78 Å². The van der Waals surface area contributed by atoms with E-state index < -0.39 is 6.43 Å². The number of hydrogen-bond donors (Lipinski definition) is 1. The van der Waals surface area contributed by atoms with Gasteiger partial charge in [-0.1, -0.05) is 0 Å². The number of nitrogens with one attached hydrogen (secondary N) is 1. The van der Waals surface area contributed by atoms with E-state index >= 15 is 0 Å². The fourth-order valence-corrected chi connectivity index (χ4v) is 1.39. The number of aromatic nitrogens is 1. The molecule has 0 fully saturated rings. The zero-order valence-corrected chi connectivity index (χ0v) is 8.04. The van der Waals surface area contributed by atoms with E-state index in [9.17, 15) is 8.78 Å². The van der Waals surface area contributed by atoms with Crippen molar-refractivity contribution in [2.24, 2.45) is 0 Å². The monoisotopic (exact) mass is 211 g/mol. The van der Waals surface area contributed by atoms with Gasteiger partial charge < -0.3 is 9.72 Å². The van der Waals surface area contributed by atoms with Gasteiger partial charge in [0.2, 0.25) is 6.43 Å². The summed E-state index contributed by atoms with van der Waals surface area (Å²) >= 11 is 0. The van der Waals surface area contributed by atoms with Crippen LogP contribution in [0, 0.1) is 0 Å². The first kappa shape index (κ1) is 9.96. The van der Waals surface area contributed by atoms with Crippen LogP contribution in [-0.2, 0) is 0 Å². The summed E-state index contributed by atoms with van der Waals surface area (Å²) in [5, 5.41) is 1.02. The molecule has 0 aliphatic rings. The third-order valence-corrected chi connectivity index (χ3v) is 2.13. The number of H-pyrrole nitrogens is 1. The van der Waals surface area contributed by atoms with E-state index in [0.717, 1.165) is 10.9 Å². The van der Waals surface area contributed by atoms with Crippen LogP contribution in [-0.4, -0.2) is 18.0 Å². The molecule has 0 amide bonds. The van der Waals surface area contributed by atoms with Gasteiger partial charge in [0, 0.05) is 23.5 Å². The van der Waals surface area contributed by atoms with Crippen LogP contribution in [0.1, 0.15) is 6.42 Å². The molecule has 0 saturated carbocycles. The molecule has 0 bridgehead atoms. The van der Waals surface area contributed by atoms with E-state index in [0.29, 0.717) is 5.75 Å². The van der Waals surface area contributed by atoms with Gasteiger partial charge in [-0.3, -0.25) is 0 Å². The quantitative estimate of drug-likeness (QED) is 0.825. The van der Waals surface area contributed by atoms with Crippen LogP contribution in [0.15, 0.2) is 30.5 Å². The van der Waals surface area contributed by atoms with Crippen LogP contribution < -0.4 is 4.74 Å². The van der Waals surface area contributed by atoms with Crippen molar-refractivity contribution >= 4 is 10.9 Å². The van der Waals surface area contributed by atoms with E-state index in [4.69, 9.17) is 4.74 Å². The Morgan fingerprint density at radius 3 is 2.93 bits per heavy atom. The molecule has 0 aliphatic heterocycles. The Balaban J connectivity index is 2.02. The summed E-state index contributed by atoms with van der Waals surface area (Å²) in [6, 6.07) is 7.38. The largest absolute Gasteiger partial charge is 0.493 e. The number of rotatable bonds is 4. The summed E-state index contributed by atoms with van der Waals surface area (Å²) in [5.41, 5.74) is 1.01. The van der Waals surface area contributed by atoms with Crippen molar-refractivity contribution in [2.45, 2.75) is 12.8 Å². The molecule has 1 aromatic heterocycles. The number of alkyl halides is 2. The van der Waals surface area contributed by atoms with E-state index in [1.807, 2.05) is 24.4 Å². The Morgan fingerprint density at radius 2 is 2.13 bits per heavy atom. The highest BCUT2D eigenvalue weighted by Gasteiger charge is 2.03. The SMILES string of the molecule is FC(F)CCOc1ccc2[nH]ccc2c1. The minimum atomic E-state index is -2.30. The summed E-state index contributed by atoms with van der Waals surface area (Å²) in [5.74, 6) is 0.628. The Hall–Kier alpha value is -1.58. The first-order valence-electron chi connectivity index (χ1n) is 4.74.